The standard InChI is InChI=1S/C14H18N2OS/c17-10-4-9-16(11-5-3-6-11)14-15-12-7-1-2-8-13(12)18-14/h1-2,7-8,11,17H,3-6,9-10H2. The molecule has 4 heteroatoms. The van der Waals surface area contributed by atoms with Crippen LogP contribution in [0.3, 0.4) is 0 Å². The molecule has 1 fully saturated rings. The summed E-state index contributed by atoms with van der Waals surface area (Å²) in [6.07, 6.45) is 4.68. The van der Waals surface area contributed by atoms with Gasteiger partial charge in [0.1, 0.15) is 0 Å². The van der Waals surface area contributed by atoms with Crippen molar-refractivity contribution in [1.29, 1.82) is 0 Å². The zero-order chi connectivity index (χ0) is 12.4. The fourth-order valence-electron chi connectivity index (χ4n) is 2.36. The van der Waals surface area contributed by atoms with Crippen molar-refractivity contribution in [2.75, 3.05) is 18.1 Å². The summed E-state index contributed by atoms with van der Waals surface area (Å²) in [5, 5.41) is 10.2. The summed E-state index contributed by atoms with van der Waals surface area (Å²) in [7, 11) is 0. The molecule has 1 N–H and O–H groups in total. The maximum Gasteiger partial charge on any atom is 0.186 e. The minimum absolute atomic E-state index is 0.258. The van der Waals surface area contributed by atoms with Crippen molar-refractivity contribution in [3.63, 3.8) is 0 Å². The van der Waals surface area contributed by atoms with Crippen molar-refractivity contribution >= 4 is 26.7 Å². The number of aromatic nitrogens is 1. The van der Waals surface area contributed by atoms with Gasteiger partial charge in [0.05, 0.1) is 10.2 Å². The molecule has 1 heterocycles. The molecule has 1 aromatic carbocycles. The zero-order valence-corrected chi connectivity index (χ0v) is 11.2. The molecule has 1 aliphatic carbocycles. The Morgan fingerprint density at radius 1 is 1.33 bits per heavy atom. The first kappa shape index (κ1) is 11.9. The molecule has 0 radical (unpaired) electrons. The predicted octanol–water partition coefficient (Wildman–Crippen LogP) is 3.04. The monoisotopic (exact) mass is 262 g/mol. The number of anilines is 1. The maximum absolute atomic E-state index is 9.03. The van der Waals surface area contributed by atoms with E-state index in [1.807, 2.05) is 6.07 Å². The summed E-state index contributed by atoms with van der Waals surface area (Å²) in [4.78, 5) is 7.12. The number of hydrogen-bond donors (Lipinski definition) is 1. The minimum atomic E-state index is 0.258. The van der Waals surface area contributed by atoms with Crippen LogP contribution in [-0.4, -0.2) is 29.3 Å². The fraction of sp³-hybridized carbons (Fsp3) is 0.500. The van der Waals surface area contributed by atoms with Gasteiger partial charge in [-0.1, -0.05) is 23.5 Å². The summed E-state index contributed by atoms with van der Waals surface area (Å²) in [6, 6.07) is 8.93. The van der Waals surface area contributed by atoms with Gasteiger partial charge in [0.15, 0.2) is 5.13 Å². The lowest BCUT2D eigenvalue weighted by molar-refractivity contribution is 0.283. The molecular weight excluding hydrogens is 244 g/mol. The molecule has 0 unspecified atom stereocenters. The molecule has 2 aromatic rings. The molecule has 0 bridgehead atoms. The average molecular weight is 262 g/mol. The topological polar surface area (TPSA) is 36.4 Å². The molecule has 0 atom stereocenters. The third kappa shape index (κ3) is 2.22. The van der Waals surface area contributed by atoms with Crippen LogP contribution in [0.5, 0.6) is 0 Å². The Morgan fingerprint density at radius 3 is 2.83 bits per heavy atom. The number of hydrogen-bond acceptors (Lipinski definition) is 4. The van der Waals surface area contributed by atoms with Crippen molar-refractivity contribution in [3.05, 3.63) is 24.3 Å². The summed E-state index contributed by atoms with van der Waals surface area (Å²) in [5.41, 5.74) is 1.09. The van der Waals surface area contributed by atoms with Crippen molar-refractivity contribution in [2.24, 2.45) is 0 Å². The molecule has 1 aliphatic rings. The van der Waals surface area contributed by atoms with Gasteiger partial charge < -0.3 is 10.0 Å². The van der Waals surface area contributed by atoms with E-state index in [-0.39, 0.29) is 6.61 Å². The van der Waals surface area contributed by atoms with Crippen LogP contribution in [0.15, 0.2) is 24.3 Å². The van der Waals surface area contributed by atoms with Gasteiger partial charge in [-0.3, -0.25) is 0 Å². The Hall–Kier alpha value is -1.13. The van der Waals surface area contributed by atoms with Gasteiger partial charge >= 0.3 is 0 Å². The molecule has 0 amide bonds. The summed E-state index contributed by atoms with van der Waals surface area (Å²) in [6.45, 7) is 1.18. The number of aliphatic hydroxyl groups is 1. The highest BCUT2D eigenvalue weighted by Crippen LogP contribution is 2.34. The fourth-order valence-corrected chi connectivity index (χ4v) is 3.42. The van der Waals surface area contributed by atoms with E-state index >= 15 is 0 Å². The van der Waals surface area contributed by atoms with Gasteiger partial charge in [-0.2, -0.15) is 0 Å². The number of para-hydroxylation sites is 1. The van der Waals surface area contributed by atoms with Crippen LogP contribution in [0, 0.1) is 0 Å². The number of rotatable bonds is 5. The molecule has 1 saturated carbocycles. The van der Waals surface area contributed by atoms with E-state index in [2.05, 4.69) is 23.1 Å². The normalized spacial score (nSPS) is 15.8. The Kier molecular flexibility index (Phi) is 3.48. The first-order valence-corrected chi connectivity index (χ1v) is 7.43. The molecule has 18 heavy (non-hydrogen) atoms. The molecule has 3 rings (SSSR count). The van der Waals surface area contributed by atoms with Crippen LogP contribution < -0.4 is 4.90 Å². The molecule has 3 nitrogen and oxygen atoms in total. The lowest BCUT2D eigenvalue weighted by atomic mass is 9.92. The number of fused-ring (bicyclic) bond motifs is 1. The summed E-state index contributed by atoms with van der Waals surface area (Å²) < 4.78 is 1.25. The molecular formula is C14H18N2OS. The van der Waals surface area contributed by atoms with E-state index in [1.54, 1.807) is 11.3 Å². The molecule has 0 spiro atoms. The van der Waals surface area contributed by atoms with E-state index < -0.39 is 0 Å². The number of nitrogens with zero attached hydrogens (tertiary/aromatic N) is 2. The second-order valence-corrected chi connectivity index (χ2v) is 5.83. The van der Waals surface area contributed by atoms with E-state index in [0.717, 1.165) is 23.6 Å². The van der Waals surface area contributed by atoms with E-state index in [0.29, 0.717) is 6.04 Å². The Balaban J connectivity index is 1.87. The van der Waals surface area contributed by atoms with E-state index in [1.165, 1.54) is 24.0 Å². The van der Waals surface area contributed by atoms with Crippen LogP contribution in [0.4, 0.5) is 5.13 Å². The second kappa shape index (κ2) is 5.24. The summed E-state index contributed by atoms with van der Waals surface area (Å²) >= 11 is 1.77. The highest BCUT2D eigenvalue weighted by atomic mass is 32.1. The van der Waals surface area contributed by atoms with Crippen molar-refractivity contribution in [1.82, 2.24) is 4.98 Å². The molecule has 96 valence electrons. The van der Waals surface area contributed by atoms with Crippen LogP contribution in [0.1, 0.15) is 25.7 Å². The average Bonchev–Trinajstić information content (AvgIpc) is 2.75. The number of benzene rings is 1. The number of aliphatic hydroxyl groups excluding tert-OH is 1. The Labute approximate surface area is 111 Å². The van der Waals surface area contributed by atoms with Gasteiger partial charge in [-0.15, -0.1) is 0 Å². The third-order valence-corrected chi connectivity index (χ3v) is 4.67. The lowest BCUT2D eigenvalue weighted by Gasteiger charge is -2.37. The van der Waals surface area contributed by atoms with Crippen LogP contribution in [0.2, 0.25) is 0 Å². The maximum atomic E-state index is 9.03. The van der Waals surface area contributed by atoms with Crippen molar-refractivity contribution in [3.8, 4) is 0 Å². The first-order valence-electron chi connectivity index (χ1n) is 6.61. The largest absolute Gasteiger partial charge is 0.396 e. The minimum Gasteiger partial charge on any atom is -0.396 e. The SMILES string of the molecule is OCCCN(c1nc2ccccc2s1)C1CCC1. The smallest absolute Gasteiger partial charge is 0.186 e. The Bertz CT molecular complexity index is 488. The number of thiazole rings is 1. The van der Waals surface area contributed by atoms with Crippen LogP contribution in [-0.2, 0) is 0 Å². The van der Waals surface area contributed by atoms with E-state index in [4.69, 9.17) is 10.1 Å². The van der Waals surface area contributed by atoms with Gasteiger partial charge in [0, 0.05) is 19.2 Å². The third-order valence-electron chi connectivity index (χ3n) is 3.60. The summed E-state index contributed by atoms with van der Waals surface area (Å²) in [5.74, 6) is 0. The zero-order valence-electron chi connectivity index (χ0n) is 10.4. The lowest BCUT2D eigenvalue weighted by Crippen LogP contribution is -2.41. The van der Waals surface area contributed by atoms with E-state index in [9.17, 15) is 0 Å². The van der Waals surface area contributed by atoms with Crippen LogP contribution >= 0.6 is 11.3 Å². The van der Waals surface area contributed by atoms with Crippen molar-refractivity contribution < 1.29 is 5.11 Å². The Morgan fingerprint density at radius 2 is 2.17 bits per heavy atom. The highest BCUT2D eigenvalue weighted by molar-refractivity contribution is 7.22. The first-order chi connectivity index (χ1) is 8.88. The van der Waals surface area contributed by atoms with Gasteiger partial charge in [-0.25, -0.2) is 4.98 Å². The van der Waals surface area contributed by atoms with Gasteiger partial charge in [-0.05, 0) is 37.8 Å². The quantitative estimate of drug-likeness (QED) is 0.899. The second-order valence-electron chi connectivity index (χ2n) is 4.82. The molecule has 0 aliphatic heterocycles. The molecule has 1 aromatic heterocycles. The van der Waals surface area contributed by atoms with Gasteiger partial charge in [0.2, 0.25) is 0 Å². The van der Waals surface area contributed by atoms with Crippen molar-refractivity contribution in [2.45, 2.75) is 31.7 Å². The molecule has 0 saturated heterocycles. The predicted molar refractivity (Wildman–Crippen MR) is 76.3 cm³/mol. The van der Waals surface area contributed by atoms with Crippen LogP contribution in [0.25, 0.3) is 10.2 Å². The highest BCUT2D eigenvalue weighted by Gasteiger charge is 2.26. The van der Waals surface area contributed by atoms with Gasteiger partial charge in [0.25, 0.3) is 0 Å².